The van der Waals surface area contributed by atoms with Crippen LogP contribution in [0.3, 0.4) is 0 Å². The highest BCUT2D eigenvalue weighted by atomic mass is 16.3. The number of nitrogens with one attached hydrogen (secondary N) is 2. The van der Waals surface area contributed by atoms with E-state index >= 15 is 0 Å². The summed E-state index contributed by atoms with van der Waals surface area (Å²) in [7, 11) is 0. The lowest BCUT2D eigenvalue weighted by molar-refractivity contribution is 0.0939. The van der Waals surface area contributed by atoms with Gasteiger partial charge in [-0.1, -0.05) is 0 Å². The average molecular weight is 273 g/mol. The molecule has 1 unspecified atom stereocenters. The van der Waals surface area contributed by atoms with Crippen LogP contribution in [0.15, 0.2) is 41.0 Å². The van der Waals surface area contributed by atoms with Crippen LogP contribution in [0.5, 0.6) is 0 Å². The fourth-order valence-corrected chi connectivity index (χ4v) is 2.06. The molecule has 106 valence electrons. The van der Waals surface area contributed by atoms with Crippen LogP contribution < -0.4 is 16.6 Å². The van der Waals surface area contributed by atoms with Crippen LogP contribution in [0, 0.1) is 6.92 Å². The van der Waals surface area contributed by atoms with Crippen LogP contribution in [0.4, 0.5) is 5.69 Å². The number of hydrogen-bond acceptors (Lipinski definition) is 4. The van der Waals surface area contributed by atoms with Crippen molar-refractivity contribution in [3.8, 4) is 0 Å². The summed E-state index contributed by atoms with van der Waals surface area (Å²) in [6.07, 6.45) is 2.30. The van der Waals surface area contributed by atoms with Gasteiger partial charge in [-0.25, -0.2) is 0 Å². The Kier molecular flexibility index (Phi) is 4.42. The van der Waals surface area contributed by atoms with Crippen molar-refractivity contribution < 1.29 is 9.21 Å². The number of carbonyl (C=O) groups excluding carboxylic acids is 1. The predicted molar refractivity (Wildman–Crippen MR) is 78.3 cm³/mol. The fourth-order valence-electron chi connectivity index (χ4n) is 2.06. The second-order valence-electron chi connectivity index (χ2n) is 4.83. The number of carbonyl (C=O) groups is 1. The first-order valence-electron chi connectivity index (χ1n) is 6.50. The summed E-state index contributed by atoms with van der Waals surface area (Å²) in [4.78, 5) is 12.1. The van der Waals surface area contributed by atoms with Crippen LogP contribution in [-0.4, -0.2) is 11.9 Å². The Morgan fingerprint density at radius 3 is 2.80 bits per heavy atom. The highest BCUT2D eigenvalue weighted by Crippen LogP contribution is 2.15. The standard InChI is InChI=1S/C15H19N3O2/c1-10-8-12(5-6-14(10)18-16)15(19)17-11(2)9-13-4-3-7-20-13/h3-8,11,18H,9,16H2,1-2H3,(H,17,19). The molecular formula is C15H19N3O2. The molecule has 0 fully saturated rings. The number of anilines is 1. The Balaban J connectivity index is 1.99. The third-order valence-electron chi connectivity index (χ3n) is 3.11. The van der Waals surface area contributed by atoms with Crippen molar-refractivity contribution in [2.45, 2.75) is 26.3 Å². The van der Waals surface area contributed by atoms with Crippen LogP contribution in [-0.2, 0) is 6.42 Å². The van der Waals surface area contributed by atoms with Gasteiger partial charge >= 0.3 is 0 Å². The molecule has 0 saturated heterocycles. The zero-order valence-corrected chi connectivity index (χ0v) is 11.6. The Morgan fingerprint density at radius 2 is 2.20 bits per heavy atom. The molecule has 0 saturated carbocycles. The average Bonchev–Trinajstić information content (AvgIpc) is 2.91. The molecule has 0 radical (unpaired) electrons. The lowest BCUT2D eigenvalue weighted by atomic mass is 10.1. The number of hydrazine groups is 1. The number of furan rings is 1. The van der Waals surface area contributed by atoms with Gasteiger partial charge in [0.05, 0.1) is 12.0 Å². The number of rotatable bonds is 5. The van der Waals surface area contributed by atoms with Crippen molar-refractivity contribution in [1.82, 2.24) is 5.32 Å². The second kappa shape index (κ2) is 6.25. The first kappa shape index (κ1) is 14.1. The summed E-state index contributed by atoms with van der Waals surface area (Å²) in [5.41, 5.74) is 4.95. The molecule has 0 aliphatic heterocycles. The summed E-state index contributed by atoms with van der Waals surface area (Å²) in [6, 6.07) is 9.09. The van der Waals surface area contributed by atoms with Crippen LogP contribution in [0.25, 0.3) is 0 Å². The number of benzene rings is 1. The molecule has 20 heavy (non-hydrogen) atoms. The number of nitrogens with two attached hydrogens (primary N) is 1. The SMILES string of the molecule is Cc1cc(C(=O)NC(C)Cc2ccco2)ccc1NN. The molecule has 0 aliphatic rings. The van der Waals surface area contributed by atoms with Gasteiger partial charge in [-0.05, 0) is 49.7 Å². The normalized spacial score (nSPS) is 11.9. The molecule has 4 N–H and O–H groups in total. The largest absolute Gasteiger partial charge is 0.469 e. The molecule has 1 aromatic heterocycles. The van der Waals surface area contributed by atoms with E-state index in [2.05, 4.69) is 10.7 Å². The maximum Gasteiger partial charge on any atom is 0.251 e. The van der Waals surface area contributed by atoms with Crippen molar-refractivity contribution in [2.75, 3.05) is 5.43 Å². The summed E-state index contributed by atoms with van der Waals surface area (Å²) >= 11 is 0. The number of aryl methyl sites for hydroxylation is 1. The molecule has 1 aromatic carbocycles. The smallest absolute Gasteiger partial charge is 0.251 e. The van der Waals surface area contributed by atoms with Crippen molar-refractivity contribution >= 4 is 11.6 Å². The van der Waals surface area contributed by atoms with E-state index in [4.69, 9.17) is 10.3 Å². The van der Waals surface area contributed by atoms with E-state index in [0.717, 1.165) is 17.0 Å². The van der Waals surface area contributed by atoms with Crippen LogP contribution >= 0.6 is 0 Å². The molecule has 0 spiro atoms. The Bertz CT molecular complexity index is 579. The van der Waals surface area contributed by atoms with Gasteiger partial charge in [0.2, 0.25) is 0 Å². The Labute approximate surface area is 118 Å². The first-order chi connectivity index (χ1) is 9.60. The van der Waals surface area contributed by atoms with Crippen LogP contribution in [0.2, 0.25) is 0 Å². The molecule has 5 heteroatoms. The van der Waals surface area contributed by atoms with E-state index in [1.165, 1.54) is 0 Å². The van der Waals surface area contributed by atoms with Gasteiger partial charge in [0.15, 0.2) is 0 Å². The van der Waals surface area contributed by atoms with Gasteiger partial charge < -0.3 is 15.2 Å². The van der Waals surface area contributed by atoms with Gasteiger partial charge in [0, 0.05) is 18.0 Å². The third kappa shape index (κ3) is 3.39. The molecule has 5 nitrogen and oxygen atoms in total. The molecule has 0 aliphatic carbocycles. The Hall–Kier alpha value is -2.27. The van der Waals surface area contributed by atoms with Gasteiger partial charge in [-0.2, -0.15) is 0 Å². The van der Waals surface area contributed by atoms with E-state index in [9.17, 15) is 4.79 Å². The molecule has 0 bridgehead atoms. The van der Waals surface area contributed by atoms with E-state index in [0.29, 0.717) is 12.0 Å². The molecule has 2 rings (SSSR count). The van der Waals surface area contributed by atoms with E-state index < -0.39 is 0 Å². The summed E-state index contributed by atoms with van der Waals surface area (Å²) < 4.78 is 5.27. The fraction of sp³-hybridized carbons (Fsp3) is 0.267. The predicted octanol–water partition coefficient (Wildman–Crippen LogP) is 2.23. The molecule has 2 aromatic rings. The minimum Gasteiger partial charge on any atom is -0.469 e. The lowest BCUT2D eigenvalue weighted by Crippen LogP contribution is -2.34. The topological polar surface area (TPSA) is 80.3 Å². The lowest BCUT2D eigenvalue weighted by Gasteiger charge is -2.13. The van der Waals surface area contributed by atoms with Gasteiger partial charge in [-0.3, -0.25) is 10.6 Å². The van der Waals surface area contributed by atoms with E-state index in [1.54, 1.807) is 18.4 Å². The zero-order valence-electron chi connectivity index (χ0n) is 11.6. The third-order valence-corrected chi connectivity index (χ3v) is 3.11. The monoisotopic (exact) mass is 273 g/mol. The van der Waals surface area contributed by atoms with Crippen molar-refractivity contribution in [3.05, 3.63) is 53.5 Å². The maximum atomic E-state index is 12.1. The molecule has 1 amide bonds. The quantitative estimate of drug-likeness (QED) is 0.576. The van der Waals surface area contributed by atoms with Gasteiger partial charge in [0.1, 0.15) is 5.76 Å². The number of nitrogen functional groups attached to an aromatic ring is 1. The van der Waals surface area contributed by atoms with Gasteiger partial charge in [-0.15, -0.1) is 0 Å². The van der Waals surface area contributed by atoms with Crippen molar-refractivity contribution in [2.24, 2.45) is 5.84 Å². The summed E-state index contributed by atoms with van der Waals surface area (Å²) in [5, 5.41) is 2.95. The molecular weight excluding hydrogens is 254 g/mol. The first-order valence-corrected chi connectivity index (χ1v) is 6.50. The second-order valence-corrected chi connectivity index (χ2v) is 4.83. The highest BCUT2D eigenvalue weighted by Gasteiger charge is 2.12. The molecule has 1 heterocycles. The van der Waals surface area contributed by atoms with E-state index in [1.807, 2.05) is 32.0 Å². The number of hydrogen-bond donors (Lipinski definition) is 3. The Morgan fingerprint density at radius 1 is 1.40 bits per heavy atom. The van der Waals surface area contributed by atoms with Crippen molar-refractivity contribution in [3.63, 3.8) is 0 Å². The van der Waals surface area contributed by atoms with Crippen molar-refractivity contribution in [1.29, 1.82) is 0 Å². The van der Waals surface area contributed by atoms with Gasteiger partial charge in [0.25, 0.3) is 5.91 Å². The summed E-state index contributed by atoms with van der Waals surface area (Å²) in [6.45, 7) is 3.85. The zero-order chi connectivity index (χ0) is 14.5. The summed E-state index contributed by atoms with van der Waals surface area (Å²) in [5.74, 6) is 6.13. The number of amides is 1. The van der Waals surface area contributed by atoms with Crippen LogP contribution in [0.1, 0.15) is 28.6 Å². The minimum absolute atomic E-state index is 0.00117. The molecule has 1 atom stereocenters. The maximum absolute atomic E-state index is 12.1. The highest BCUT2D eigenvalue weighted by molar-refractivity contribution is 5.95. The van der Waals surface area contributed by atoms with E-state index in [-0.39, 0.29) is 11.9 Å². The minimum atomic E-state index is -0.101.